The smallest absolute Gasteiger partial charge is 0.325 e. The van der Waals surface area contributed by atoms with Crippen molar-refractivity contribution in [3.63, 3.8) is 0 Å². The summed E-state index contributed by atoms with van der Waals surface area (Å²) in [4.78, 5) is 22.5. The van der Waals surface area contributed by atoms with Crippen molar-refractivity contribution >= 4 is 11.9 Å². The molecule has 1 aliphatic carbocycles. The van der Waals surface area contributed by atoms with Gasteiger partial charge < -0.3 is 19.7 Å². The quantitative estimate of drug-likeness (QED) is 0.759. The van der Waals surface area contributed by atoms with E-state index in [1.54, 1.807) is 0 Å². The number of rotatable bonds is 2. The van der Waals surface area contributed by atoms with E-state index in [1.165, 1.54) is 0 Å². The molecule has 0 amide bonds. The summed E-state index contributed by atoms with van der Waals surface area (Å²) in [5.74, 6) is -3.04. The van der Waals surface area contributed by atoms with Crippen molar-refractivity contribution in [1.82, 2.24) is 0 Å². The molecule has 2 aliphatic rings. The molecular formula is C15H24O6. The monoisotopic (exact) mass is 300 g/mol. The zero-order valence-corrected chi connectivity index (χ0v) is 12.8. The third-order valence-corrected chi connectivity index (χ3v) is 4.95. The molecule has 1 saturated heterocycles. The van der Waals surface area contributed by atoms with Crippen LogP contribution < -0.4 is 0 Å². The number of carbonyl (C=O) groups is 2. The summed E-state index contributed by atoms with van der Waals surface area (Å²) in [5.41, 5.74) is -1.76. The van der Waals surface area contributed by atoms with Gasteiger partial charge in [0.1, 0.15) is 0 Å². The maximum Gasteiger partial charge on any atom is 0.325 e. The second-order valence-corrected chi connectivity index (χ2v) is 7.32. The number of aliphatic carboxylic acids is 2. The highest BCUT2D eigenvalue weighted by Crippen LogP contribution is 2.46. The van der Waals surface area contributed by atoms with Crippen LogP contribution in [-0.2, 0) is 19.1 Å². The highest BCUT2D eigenvalue weighted by Gasteiger charge is 2.55. The van der Waals surface area contributed by atoms with Crippen LogP contribution in [0.15, 0.2) is 0 Å². The Kier molecular flexibility index (Phi) is 4.06. The van der Waals surface area contributed by atoms with Gasteiger partial charge in [0, 0.05) is 12.8 Å². The zero-order valence-electron chi connectivity index (χ0n) is 12.8. The van der Waals surface area contributed by atoms with E-state index in [0.29, 0.717) is 18.8 Å². The van der Waals surface area contributed by atoms with Crippen molar-refractivity contribution in [1.29, 1.82) is 0 Å². The fourth-order valence-corrected chi connectivity index (χ4v) is 3.14. The van der Waals surface area contributed by atoms with Crippen LogP contribution >= 0.6 is 0 Å². The molecule has 2 rings (SSSR count). The molecule has 6 nitrogen and oxygen atoms in total. The van der Waals surface area contributed by atoms with Crippen LogP contribution in [0.25, 0.3) is 0 Å². The first-order valence-electron chi connectivity index (χ1n) is 7.36. The molecule has 0 unspecified atom stereocenters. The molecule has 6 heteroatoms. The van der Waals surface area contributed by atoms with Gasteiger partial charge in [-0.05, 0) is 24.2 Å². The van der Waals surface area contributed by atoms with Gasteiger partial charge in [0.25, 0.3) is 0 Å². The molecule has 0 atom stereocenters. The van der Waals surface area contributed by atoms with E-state index in [1.807, 2.05) is 0 Å². The topological polar surface area (TPSA) is 93.1 Å². The Labute approximate surface area is 124 Å². The van der Waals surface area contributed by atoms with Crippen molar-refractivity contribution in [3.05, 3.63) is 0 Å². The minimum absolute atomic E-state index is 0.224. The lowest BCUT2D eigenvalue weighted by Gasteiger charge is -2.47. The van der Waals surface area contributed by atoms with Gasteiger partial charge in [-0.2, -0.15) is 0 Å². The van der Waals surface area contributed by atoms with E-state index in [-0.39, 0.29) is 18.6 Å². The maximum absolute atomic E-state index is 11.2. The summed E-state index contributed by atoms with van der Waals surface area (Å²) in [6.07, 6.45) is 3.25. The SMILES string of the molecule is CC(C)(C)C1CCC2(CC1)OCC(C(=O)O)(C(=O)O)CO2. The molecule has 0 aromatic carbocycles. The van der Waals surface area contributed by atoms with Gasteiger partial charge in [0.05, 0.1) is 13.2 Å². The zero-order chi connectivity index (χ0) is 15.9. The predicted molar refractivity (Wildman–Crippen MR) is 73.8 cm³/mol. The Hall–Kier alpha value is -1.14. The fourth-order valence-electron chi connectivity index (χ4n) is 3.14. The molecule has 21 heavy (non-hydrogen) atoms. The molecule has 1 aliphatic heterocycles. The molecule has 1 heterocycles. The van der Waals surface area contributed by atoms with Crippen molar-refractivity contribution in [2.45, 2.75) is 52.2 Å². The Morgan fingerprint density at radius 2 is 1.43 bits per heavy atom. The number of carboxylic acid groups (broad SMARTS) is 2. The van der Waals surface area contributed by atoms with Crippen molar-refractivity contribution < 1.29 is 29.3 Å². The average Bonchev–Trinajstić information content (AvgIpc) is 2.38. The minimum Gasteiger partial charge on any atom is -0.480 e. The molecule has 0 bridgehead atoms. The van der Waals surface area contributed by atoms with Gasteiger partial charge in [0.15, 0.2) is 5.79 Å². The Morgan fingerprint density at radius 3 is 1.76 bits per heavy atom. The molecule has 0 aromatic heterocycles. The lowest BCUT2D eigenvalue weighted by Crippen LogP contribution is -2.57. The molecule has 0 aromatic rings. The van der Waals surface area contributed by atoms with E-state index in [2.05, 4.69) is 20.8 Å². The molecule has 2 N–H and O–H groups in total. The maximum atomic E-state index is 11.2. The van der Waals surface area contributed by atoms with Crippen LogP contribution in [0.1, 0.15) is 46.5 Å². The van der Waals surface area contributed by atoms with Crippen LogP contribution in [0.2, 0.25) is 0 Å². The van der Waals surface area contributed by atoms with Crippen molar-refractivity contribution in [3.8, 4) is 0 Å². The Morgan fingerprint density at radius 1 is 1.00 bits per heavy atom. The number of ether oxygens (including phenoxy) is 2. The van der Waals surface area contributed by atoms with Gasteiger partial charge in [-0.3, -0.25) is 9.59 Å². The largest absolute Gasteiger partial charge is 0.480 e. The molecule has 1 spiro atoms. The highest BCUT2D eigenvalue weighted by molar-refractivity contribution is 5.98. The number of carboxylic acids is 2. The lowest BCUT2D eigenvalue weighted by molar-refractivity contribution is -0.313. The van der Waals surface area contributed by atoms with Crippen LogP contribution in [0.4, 0.5) is 0 Å². The first-order valence-corrected chi connectivity index (χ1v) is 7.36. The molecule has 2 fully saturated rings. The first-order chi connectivity index (χ1) is 9.61. The van der Waals surface area contributed by atoms with E-state index in [9.17, 15) is 9.59 Å². The Bertz CT molecular complexity index is 402. The number of hydrogen-bond acceptors (Lipinski definition) is 4. The van der Waals surface area contributed by atoms with Crippen LogP contribution in [0.5, 0.6) is 0 Å². The van der Waals surface area contributed by atoms with Crippen molar-refractivity contribution in [2.24, 2.45) is 16.7 Å². The van der Waals surface area contributed by atoms with Crippen LogP contribution in [0.3, 0.4) is 0 Å². The molecule has 120 valence electrons. The fraction of sp³-hybridized carbons (Fsp3) is 0.867. The van der Waals surface area contributed by atoms with E-state index in [0.717, 1.165) is 12.8 Å². The normalized spacial score (nSPS) is 25.7. The highest BCUT2D eigenvalue weighted by atomic mass is 16.7. The van der Waals surface area contributed by atoms with Gasteiger partial charge in [-0.15, -0.1) is 0 Å². The second kappa shape index (κ2) is 5.25. The first kappa shape index (κ1) is 16.2. The van der Waals surface area contributed by atoms with E-state index >= 15 is 0 Å². The third kappa shape index (κ3) is 2.92. The second-order valence-electron chi connectivity index (χ2n) is 7.32. The standard InChI is InChI=1S/C15H24O6/c1-13(2,3)10-4-6-15(7-5-10)20-8-14(9-21-15,11(16)17)12(18)19/h10H,4-9H2,1-3H3,(H,16,17)(H,18,19). The summed E-state index contributed by atoms with van der Waals surface area (Å²) >= 11 is 0. The molecular weight excluding hydrogens is 276 g/mol. The summed E-state index contributed by atoms with van der Waals surface area (Å²) < 4.78 is 11.2. The molecule has 0 radical (unpaired) electrons. The third-order valence-electron chi connectivity index (χ3n) is 4.95. The van der Waals surface area contributed by atoms with Gasteiger partial charge in [-0.25, -0.2) is 0 Å². The number of hydrogen-bond donors (Lipinski definition) is 2. The molecule has 1 saturated carbocycles. The van der Waals surface area contributed by atoms with E-state index in [4.69, 9.17) is 19.7 Å². The van der Waals surface area contributed by atoms with Crippen LogP contribution in [-0.4, -0.2) is 41.2 Å². The summed E-state index contributed by atoms with van der Waals surface area (Å²) in [6, 6.07) is 0. The summed E-state index contributed by atoms with van der Waals surface area (Å²) in [6.45, 7) is 5.95. The predicted octanol–water partition coefficient (Wildman–Crippen LogP) is 2.12. The summed E-state index contributed by atoms with van der Waals surface area (Å²) in [5, 5.41) is 18.3. The Balaban J connectivity index is 2.02. The van der Waals surface area contributed by atoms with Gasteiger partial charge in [-0.1, -0.05) is 20.8 Å². The van der Waals surface area contributed by atoms with Crippen molar-refractivity contribution in [2.75, 3.05) is 13.2 Å². The minimum atomic E-state index is -1.98. The van der Waals surface area contributed by atoms with Gasteiger partial charge in [0.2, 0.25) is 5.41 Å². The summed E-state index contributed by atoms with van der Waals surface area (Å²) in [7, 11) is 0. The average molecular weight is 300 g/mol. The van der Waals surface area contributed by atoms with Gasteiger partial charge >= 0.3 is 11.9 Å². The van der Waals surface area contributed by atoms with Crippen LogP contribution in [0, 0.1) is 16.7 Å². The van der Waals surface area contributed by atoms with E-state index < -0.39 is 23.1 Å². The lowest BCUT2D eigenvalue weighted by atomic mass is 9.70.